The van der Waals surface area contributed by atoms with E-state index >= 15 is 0 Å². The highest BCUT2D eigenvalue weighted by molar-refractivity contribution is 6.34. The fraction of sp³-hybridized carbons (Fsp3) is 0.483. The van der Waals surface area contributed by atoms with Gasteiger partial charge in [-0.3, -0.25) is 14.3 Å². The molecule has 260 valence electrons. The number of amides is 4. The first-order valence-electron chi connectivity index (χ1n) is 14.9. The number of anilines is 1. The number of halogens is 7. The molecule has 6 rings (SSSR count). The number of imidazole rings is 1. The zero-order valence-corrected chi connectivity index (χ0v) is 27.0. The Balaban J connectivity index is 0.00000451. The van der Waals surface area contributed by atoms with Gasteiger partial charge in [-0.25, -0.2) is 18.6 Å². The van der Waals surface area contributed by atoms with Gasteiger partial charge in [0.05, 0.1) is 28.0 Å². The molecule has 4 amide bonds. The van der Waals surface area contributed by atoms with Crippen molar-refractivity contribution in [1.29, 1.82) is 0 Å². The molecule has 3 fully saturated rings. The van der Waals surface area contributed by atoms with E-state index < -0.39 is 41.6 Å². The second-order valence-corrected chi connectivity index (χ2v) is 12.5. The third kappa shape index (κ3) is 7.22. The van der Waals surface area contributed by atoms with Crippen LogP contribution in [0.5, 0.6) is 0 Å². The van der Waals surface area contributed by atoms with Crippen molar-refractivity contribution in [1.82, 2.24) is 34.4 Å². The van der Waals surface area contributed by atoms with Crippen LogP contribution in [0.2, 0.25) is 5.02 Å². The van der Waals surface area contributed by atoms with Gasteiger partial charge in [0.2, 0.25) is 0 Å². The average Bonchev–Trinajstić information content (AvgIpc) is 3.27. The van der Waals surface area contributed by atoms with Gasteiger partial charge in [0.1, 0.15) is 0 Å². The van der Waals surface area contributed by atoms with E-state index in [1.54, 1.807) is 9.80 Å². The highest BCUT2D eigenvalue weighted by Crippen LogP contribution is 2.49. The van der Waals surface area contributed by atoms with Crippen molar-refractivity contribution in [2.75, 3.05) is 31.5 Å². The Bertz CT molecular complexity index is 1720. The summed E-state index contributed by atoms with van der Waals surface area (Å²) in [5.41, 5.74) is 4.36. The van der Waals surface area contributed by atoms with Crippen molar-refractivity contribution in [2.45, 2.75) is 50.0 Å². The second kappa shape index (κ2) is 13.2. The molecule has 1 atom stereocenters. The molecule has 3 aliphatic rings. The van der Waals surface area contributed by atoms with Crippen molar-refractivity contribution in [3.05, 3.63) is 52.7 Å². The molecule has 12 nitrogen and oxygen atoms in total. The lowest BCUT2D eigenvalue weighted by molar-refractivity contribution is -0.141. The number of benzene rings is 1. The number of nitrogens with two attached hydrogens (primary N) is 1. The Hall–Kier alpha value is -3.96. The van der Waals surface area contributed by atoms with Gasteiger partial charge in [-0.2, -0.15) is 18.3 Å². The van der Waals surface area contributed by atoms with Crippen LogP contribution < -0.4 is 16.4 Å². The molecule has 3 aromatic rings. The maximum absolute atomic E-state index is 13.8. The summed E-state index contributed by atoms with van der Waals surface area (Å²) in [6.07, 6.45) is -1.74. The molecule has 1 saturated heterocycles. The molecular weight excluding hydrogens is 688 g/mol. The van der Waals surface area contributed by atoms with E-state index in [-0.39, 0.29) is 70.8 Å². The standard InChI is InChI=1S/C29H31ClF5N9O3.ClH/c1-41-22(20-14-44(13-15-11-28(15,31)32)40-23(20)29(33,34)35)12-37-24(41)25(45)38-17-2-3-19(21(30)10-17)26(46)42-4-6-43(7-5-42)27(47)39-18-8-16(36)9-18;/h2-3,10,12,14-16,18H,4-9,11,13,36H2,1H3,(H,38,45)(H,39,47);1H/t15-,16?,18?;/m1./s1. The fourth-order valence-corrected chi connectivity index (χ4v) is 6.02. The second-order valence-electron chi connectivity index (χ2n) is 12.1. The number of carbonyl (C=O) groups is 3. The number of carbonyl (C=O) groups excluding carboxylic acids is 3. The molecule has 2 aromatic heterocycles. The van der Waals surface area contributed by atoms with Crippen LogP contribution >= 0.6 is 24.0 Å². The summed E-state index contributed by atoms with van der Waals surface area (Å²) < 4.78 is 70.1. The monoisotopic (exact) mass is 719 g/mol. The summed E-state index contributed by atoms with van der Waals surface area (Å²) in [6.45, 7) is 0.901. The normalized spacial score (nSPS) is 21.6. The minimum Gasteiger partial charge on any atom is -0.335 e. The lowest BCUT2D eigenvalue weighted by Crippen LogP contribution is -2.57. The van der Waals surface area contributed by atoms with Gasteiger partial charge in [0.25, 0.3) is 17.7 Å². The maximum Gasteiger partial charge on any atom is 0.435 e. The topological polar surface area (TPSA) is 143 Å². The van der Waals surface area contributed by atoms with Crippen molar-refractivity contribution >= 4 is 47.5 Å². The van der Waals surface area contributed by atoms with Gasteiger partial charge in [-0.15, -0.1) is 12.4 Å². The van der Waals surface area contributed by atoms with E-state index in [4.69, 9.17) is 17.3 Å². The van der Waals surface area contributed by atoms with Gasteiger partial charge < -0.3 is 30.7 Å². The van der Waals surface area contributed by atoms with E-state index in [0.717, 1.165) is 34.5 Å². The Morgan fingerprint density at radius 3 is 2.33 bits per heavy atom. The number of rotatable bonds is 7. The van der Waals surface area contributed by atoms with Crippen molar-refractivity contribution < 1.29 is 36.3 Å². The predicted molar refractivity (Wildman–Crippen MR) is 166 cm³/mol. The van der Waals surface area contributed by atoms with E-state index in [9.17, 15) is 36.3 Å². The number of hydrogen-bond donors (Lipinski definition) is 3. The molecule has 0 bridgehead atoms. The fourth-order valence-electron chi connectivity index (χ4n) is 5.76. The molecule has 2 aliphatic carbocycles. The molecule has 0 radical (unpaired) electrons. The third-order valence-corrected chi connectivity index (χ3v) is 8.99. The highest BCUT2D eigenvalue weighted by atomic mass is 35.5. The van der Waals surface area contributed by atoms with Crippen LogP contribution in [0.25, 0.3) is 11.3 Å². The first-order valence-corrected chi connectivity index (χ1v) is 15.2. The van der Waals surface area contributed by atoms with Gasteiger partial charge in [0, 0.05) is 76.1 Å². The van der Waals surface area contributed by atoms with E-state index in [1.807, 2.05) is 0 Å². The number of piperazine rings is 1. The molecular formula is C29H32Cl2F5N9O3. The quantitative estimate of drug-likeness (QED) is 0.312. The van der Waals surface area contributed by atoms with Crippen LogP contribution in [0.1, 0.15) is 45.9 Å². The number of urea groups is 1. The van der Waals surface area contributed by atoms with Crippen molar-refractivity contribution in [3.63, 3.8) is 0 Å². The Labute approximate surface area is 282 Å². The predicted octanol–water partition coefficient (Wildman–Crippen LogP) is 4.24. The lowest BCUT2D eigenvalue weighted by Gasteiger charge is -2.38. The molecule has 19 heteroatoms. The highest BCUT2D eigenvalue weighted by Gasteiger charge is 2.57. The molecule has 2 saturated carbocycles. The number of alkyl halides is 5. The van der Waals surface area contributed by atoms with Gasteiger partial charge in [0.15, 0.2) is 11.5 Å². The molecule has 48 heavy (non-hydrogen) atoms. The summed E-state index contributed by atoms with van der Waals surface area (Å²) in [5.74, 6) is -5.40. The maximum atomic E-state index is 13.8. The van der Waals surface area contributed by atoms with Crippen LogP contribution in [0.3, 0.4) is 0 Å². The van der Waals surface area contributed by atoms with Crippen LogP contribution in [0.4, 0.5) is 32.4 Å². The molecule has 4 N–H and O–H groups in total. The van der Waals surface area contributed by atoms with E-state index in [2.05, 4.69) is 20.7 Å². The molecule has 1 aromatic carbocycles. The lowest BCUT2D eigenvalue weighted by atomic mass is 9.88. The number of aromatic nitrogens is 4. The number of nitrogens with one attached hydrogen (secondary N) is 2. The van der Waals surface area contributed by atoms with Crippen molar-refractivity contribution in [2.24, 2.45) is 18.7 Å². The SMILES string of the molecule is Cl.Cn1c(-c2cn(C[C@H]3CC3(F)F)nc2C(F)(F)F)cnc1C(=O)Nc1ccc(C(=O)N2CCN(C(=O)NC3CC(N)C3)CC2)c(Cl)c1. The van der Waals surface area contributed by atoms with Crippen LogP contribution in [-0.2, 0) is 19.8 Å². The molecule has 0 unspecified atom stereocenters. The smallest absolute Gasteiger partial charge is 0.335 e. The van der Waals surface area contributed by atoms with Crippen molar-refractivity contribution in [3.8, 4) is 11.3 Å². The minimum absolute atomic E-state index is 0. The summed E-state index contributed by atoms with van der Waals surface area (Å²) in [4.78, 5) is 45.9. The summed E-state index contributed by atoms with van der Waals surface area (Å²) in [7, 11) is 1.34. The summed E-state index contributed by atoms with van der Waals surface area (Å²) in [6, 6.07) is 4.24. The van der Waals surface area contributed by atoms with Gasteiger partial charge in [-0.1, -0.05) is 11.6 Å². The third-order valence-electron chi connectivity index (χ3n) is 8.67. The van der Waals surface area contributed by atoms with Gasteiger partial charge in [-0.05, 0) is 31.0 Å². The van der Waals surface area contributed by atoms with E-state index in [1.165, 1.54) is 25.2 Å². The Morgan fingerprint density at radius 1 is 1.10 bits per heavy atom. The molecule has 1 aliphatic heterocycles. The number of nitrogens with zero attached hydrogens (tertiary/aromatic N) is 6. The Kier molecular flexibility index (Phi) is 9.69. The average molecular weight is 721 g/mol. The Morgan fingerprint density at radius 2 is 1.75 bits per heavy atom. The molecule has 3 heterocycles. The van der Waals surface area contributed by atoms with E-state index in [0.29, 0.717) is 26.2 Å². The summed E-state index contributed by atoms with van der Waals surface area (Å²) in [5, 5.41) is 9.07. The van der Waals surface area contributed by atoms with Crippen LogP contribution in [0, 0.1) is 5.92 Å². The number of hydrogen-bond acceptors (Lipinski definition) is 6. The minimum atomic E-state index is -4.89. The van der Waals surface area contributed by atoms with Gasteiger partial charge >= 0.3 is 12.2 Å². The first-order chi connectivity index (χ1) is 22.1. The zero-order chi connectivity index (χ0) is 33.8. The molecule has 0 spiro atoms. The van der Waals surface area contributed by atoms with Crippen LogP contribution in [-0.4, -0.2) is 91.2 Å². The first kappa shape index (κ1) is 35.3. The largest absolute Gasteiger partial charge is 0.435 e. The van der Waals surface area contributed by atoms with Crippen LogP contribution in [0.15, 0.2) is 30.6 Å². The summed E-state index contributed by atoms with van der Waals surface area (Å²) >= 11 is 6.41. The zero-order valence-electron chi connectivity index (χ0n) is 25.4.